The molecule has 0 unspecified atom stereocenters. The second kappa shape index (κ2) is 36.0. The van der Waals surface area contributed by atoms with Gasteiger partial charge in [-0.25, -0.2) is 0 Å². The van der Waals surface area contributed by atoms with Gasteiger partial charge in [-0.2, -0.15) is 0 Å². The van der Waals surface area contributed by atoms with Gasteiger partial charge >= 0.3 is 0 Å². The molecular formula is C126H94N2Si4. The van der Waals surface area contributed by atoms with Crippen LogP contribution in [0.4, 0.5) is 34.1 Å². The van der Waals surface area contributed by atoms with Gasteiger partial charge in [-0.3, -0.25) is 0 Å². The van der Waals surface area contributed by atoms with Crippen LogP contribution in [-0.2, 0) is 0 Å². The molecule has 0 spiro atoms. The zero-order valence-corrected chi connectivity index (χ0v) is 77.2. The molecule has 0 atom stereocenters. The third kappa shape index (κ3) is 14.4. The van der Waals surface area contributed by atoms with Gasteiger partial charge < -0.3 is 9.80 Å². The van der Waals surface area contributed by atoms with E-state index in [9.17, 15) is 0 Å². The molecule has 0 amide bonds. The number of hydrogen-bond donors (Lipinski definition) is 0. The molecule has 22 aromatic rings. The normalized spacial score (nSPS) is 11.8. The quantitative estimate of drug-likeness (QED) is 0.0338. The molecule has 0 saturated carbocycles. The third-order valence-electron chi connectivity index (χ3n) is 27.4. The molecule has 0 aliphatic rings. The number of benzene rings is 22. The highest BCUT2D eigenvalue weighted by molar-refractivity contribution is 7.22. The highest BCUT2D eigenvalue weighted by Gasteiger charge is 2.46. The molecule has 22 rings (SSSR count). The van der Waals surface area contributed by atoms with Crippen LogP contribution in [0.1, 0.15) is 0 Å². The molecule has 2 nitrogen and oxygen atoms in total. The number of fused-ring (bicyclic) bond motifs is 5. The van der Waals surface area contributed by atoms with Crippen LogP contribution in [0.25, 0.3) is 54.6 Å². The van der Waals surface area contributed by atoms with E-state index in [1.54, 1.807) is 0 Å². The molecule has 0 heterocycles. The lowest BCUT2D eigenvalue weighted by Gasteiger charge is -2.36. The van der Waals surface area contributed by atoms with Gasteiger partial charge in [-0.1, -0.05) is 510 Å². The fourth-order valence-electron chi connectivity index (χ4n) is 21.6. The van der Waals surface area contributed by atoms with Crippen molar-refractivity contribution in [2.75, 3.05) is 9.80 Å². The Morgan fingerprint density at radius 1 is 0.106 bits per heavy atom. The van der Waals surface area contributed by atoms with Crippen LogP contribution >= 0.6 is 0 Å². The molecule has 0 N–H and O–H groups in total. The van der Waals surface area contributed by atoms with E-state index in [2.05, 4.69) is 580 Å². The van der Waals surface area contributed by atoms with Crippen LogP contribution < -0.4 is 92.8 Å². The average Bonchev–Trinajstić information content (AvgIpc) is 0.726. The monoisotopic (exact) mass is 1750 g/mol. The van der Waals surface area contributed by atoms with Crippen LogP contribution in [-0.4, -0.2) is 32.3 Å². The second-order valence-electron chi connectivity index (χ2n) is 34.4. The molecule has 0 radical (unpaired) electrons. The minimum Gasteiger partial charge on any atom is -0.310 e. The highest BCUT2D eigenvalue weighted by atomic mass is 28.3. The summed E-state index contributed by atoms with van der Waals surface area (Å²) in [4.78, 5) is 5.13. The summed E-state index contributed by atoms with van der Waals surface area (Å²) in [6.07, 6.45) is 0. The molecule has 0 saturated heterocycles. The van der Waals surface area contributed by atoms with E-state index in [0.29, 0.717) is 0 Å². The van der Waals surface area contributed by atoms with Crippen molar-refractivity contribution >= 4 is 182 Å². The summed E-state index contributed by atoms with van der Waals surface area (Å²) < 4.78 is 0. The Morgan fingerprint density at radius 2 is 0.288 bits per heavy atom. The van der Waals surface area contributed by atoms with Crippen LogP contribution in [0.3, 0.4) is 0 Å². The zero-order valence-electron chi connectivity index (χ0n) is 73.2. The van der Waals surface area contributed by atoms with Gasteiger partial charge in [0.25, 0.3) is 0 Å². The smallest absolute Gasteiger partial charge is 0.179 e. The summed E-state index contributed by atoms with van der Waals surface area (Å²) in [7, 11) is -12.0. The van der Waals surface area contributed by atoms with E-state index in [1.165, 1.54) is 83.0 Å². The SMILES string of the molecule is c1ccc([Si](c2ccccc2)(c2ccccc2)c2cccc(-c3ccc(N(c4cccc([Si](c5ccccc5)(c5ccccc5)c5ccccc5)c4)c4cc5c6ccccc6c(N(c6ccc(-c7cccc([Si](c8ccccc8)(c8ccccc8)c8ccccc8)c7)cc6)c6cccc([Si](c7ccccc7)(c7ccccc7)c7ccccc7)c6)cc5c5ccccc45)cc3)c2)cc1. The summed E-state index contributed by atoms with van der Waals surface area (Å²) in [5, 5.41) is 28.0. The van der Waals surface area contributed by atoms with Crippen LogP contribution in [0, 0.1) is 0 Å². The van der Waals surface area contributed by atoms with Gasteiger partial charge in [-0.05, 0) is 187 Å². The van der Waals surface area contributed by atoms with Gasteiger partial charge in [0.1, 0.15) is 0 Å². The fourth-order valence-corrected chi connectivity index (χ4v) is 40.8. The summed E-state index contributed by atoms with van der Waals surface area (Å²) in [5.41, 5.74) is 10.9. The fraction of sp³-hybridized carbons (Fsp3) is 0. The Morgan fingerprint density at radius 3 is 0.508 bits per heavy atom. The number of hydrogen-bond acceptors (Lipinski definition) is 2. The van der Waals surface area contributed by atoms with E-state index < -0.39 is 32.3 Å². The van der Waals surface area contributed by atoms with Gasteiger partial charge in [0.2, 0.25) is 0 Å². The maximum atomic E-state index is 2.57. The Bertz CT molecular complexity index is 6910. The average molecular weight is 1750 g/mol. The van der Waals surface area contributed by atoms with Crippen LogP contribution in [0.15, 0.2) is 570 Å². The predicted molar refractivity (Wildman–Crippen MR) is 574 cm³/mol. The minimum absolute atomic E-state index is 1.04. The van der Waals surface area contributed by atoms with Crippen molar-refractivity contribution in [1.29, 1.82) is 0 Å². The van der Waals surface area contributed by atoms with Gasteiger partial charge in [0, 0.05) is 33.5 Å². The number of anilines is 6. The van der Waals surface area contributed by atoms with Gasteiger partial charge in [0.05, 0.1) is 11.4 Å². The van der Waals surface area contributed by atoms with Gasteiger partial charge in [0.15, 0.2) is 32.3 Å². The second-order valence-corrected chi connectivity index (χ2v) is 49.6. The minimum atomic E-state index is -3.09. The van der Waals surface area contributed by atoms with Crippen molar-refractivity contribution in [2.24, 2.45) is 0 Å². The molecule has 0 aliphatic heterocycles. The van der Waals surface area contributed by atoms with Crippen molar-refractivity contribution in [1.82, 2.24) is 0 Å². The highest BCUT2D eigenvalue weighted by Crippen LogP contribution is 2.48. The summed E-state index contributed by atoms with van der Waals surface area (Å²) in [6.45, 7) is 0. The Balaban J connectivity index is 0.759. The van der Waals surface area contributed by atoms with E-state index in [0.717, 1.165) is 88.7 Å². The summed E-state index contributed by atoms with van der Waals surface area (Å²) in [5.74, 6) is 0. The number of nitrogens with zero attached hydrogens (tertiary/aromatic N) is 2. The number of rotatable bonds is 24. The first-order valence-corrected chi connectivity index (χ1v) is 53.8. The van der Waals surface area contributed by atoms with E-state index in [-0.39, 0.29) is 0 Å². The lowest BCUT2D eigenvalue weighted by molar-refractivity contribution is 1.30. The van der Waals surface area contributed by atoms with E-state index >= 15 is 0 Å². The third-order valence-corrected chi connectivity index (χ3v) is 46.5. The standard InChI is InChI=1S/C126H94N2Si4/c1-13-49-103(50-14-1)129(104-51-15-2-16-52-104,105-53-17-3-18-54-105)115-73-41-45-97(89-115)95-81-85-99(86-82-95)127(101-47-43-75-117(91-101)131(109-61-25-7-26-62-109,110-63-27-8-28-64-110)111-65-29-9-30-66-111)125-93-123-120-78-38-40-80-122(120)126(94-124(123)119-77-37-39-79-121(119)125)128(102-48-44-76-118(92-102)132(112-67-31-10-32-68-112,113-69-33-11-34-70-113)114-71-35-12-36-72-114)100-87-83-96(84-88-100)98-46-42-74-116(90-98)130(106-55-19-4-20-56-106,107-57-21-5-22-58-107)108-59-23-6-24-60-108/h1-94H. The molecule has 0 aliphatic carbocycles. The Labute approximate surface area is 778 Å². The molecular weight excluding hydrogens is 1650 g/mol. The molecule has 0 bridgehead atoms. The van der Waals surface area contributed by atoms with E-state index in [4.69, 9.17) is 0 Å². The van der Waals surface area contributed by atoms with Crippen molar-refractivity contribution in [3.8, 4) is 22.3 Å². The lowest BCUT2D eigenvalue weighted by Crippen LogP contribution is -2.74. The van der Waals surface area contributed by atoms with Crippen LogP contribution in [0.5, 0.6) is 0 Å². The zero-order chi connectivity index (χ0) is 88.1. The van der Waals surface area contributed by atoms with Crippen molar-refractivity contribution in [3.63, 3.8) is 0 Å². The van der Waals surface area contributed by atoms with E-state index in [1.807, 2.05) is 0 Å². The molecule has 22 aromatic carbocycles. The largest absolute Gasteiger partial charge is 0.310 e. The van der Waals surface area contributed by atoms with Crippen molar-refractivity contribution in [2.45, 2.75) is 0 Å². The van der Waals surface area contributed by atoms with Crippen molar-refractivity contribution < 1.29 is 0 Å². The summed E-state index contributed by atoms with van der Waals surface area (Å²) in [6, 6.07) is 216. The first kappa shape index (κ1) is 81.8. The van der Waals surface area contributed by atoms with Gasteiger partial charge in [-0.15, -0.1) is 0 Å². The predicted octanol–water partition coefficient (Wildman–Crippen LogP) is 20.9. The first-order valence-electron chi connectivity index (χ1n) is 45.8. The van der Waals surface area contributed by atoms with Crippen LogP contribution in [0.2, 0.25) is 0 Å². The molecule has 0 aromatic heterocycles. The van der Waals surface area contributed by atoms with Crippen molar-refractivity contribution in [3.05, 3.63) is 570 Å². The molecule has 6 heteroatoms. The Hall–Kier alpha value is -15.9. The Kier molecular flexibility index (Phi) is 22.3. The summed E-state index contributed by atoms with van der Waals surface area (Å²) >= 11 is 0. The molecule has 624 valence electrons. The maximum absolute atomic E-state index is 3.09. The maximum Gasteiger partial charge on any atom is 0.179 e. The molecule has 132 heavy (non-hydrogen) atoms. The first-order chi connectivity index (χ1) is 65.5. The lowest BCUT2D eigenvalue weighted by atomic mass is 9.93. The molecule has 0 fully saturated rings. The topological polar surface area (TPSA) is 6.48 Å².